The fourth-order valence-corrected chi connectivity index (χ4v) is 2.96. The molecule has 1 unspecified atom stereocenters. The molecule has 0 aliphatic carbocycles. The Bertz CT molecular complexity index is 275. The van der Waals surface area contributed by atoms with Crippen molar-refractivity contribution >= 4 is 5.91 Å². The molecule has 0 bridgehead atoms. The quantitative estimate of drug-likeness (QED) is 0.783. The van der Waals surface area contributed by atoms with Gasteiger partial charge in [-0.1, -0.05) is 26.2 Å². The third-order valence-corrected chi connectivity index (χ3v) is 4.25. The van der Waals surface area contributed by atoms with E-state index in [1.807, 2.05) is 4.90 Å². The maximum absolute atomic E-state index is 12.4. The summed E-state index contributed by atoms with van der Waals surface area (Å²) in [7, 11) is 0. The molecule has 2 heterocycles. The summed E-state index contributed by atoms with van der Waals surface area (Å²) in [6, 6.07) is 0. The third kappa shape index (κ3) is 4.77. The molecule has 0 N–H and O–H groups in total. The predicted molar refractivity (Wildman–Crippen MR) is 76.1 cm³/mol. The van der Waals surface area contributed by atoms with E-state index in [9.17, 15) is 4.79 Å². The van der Waals surface area contributed by atoms with Crippen LogP contribution in [0.5, 0.6) is 0 Å². The SMILES string of the molecule is CCC1CN(C(=O)CN2CCCCCCC2)CCO1. The van der Waals surface area contributed by atoms with E-state index >= 15 is 0 Å². The van der Waals surface area contributed by atoms with E-state index in [0.717, 1.165) is 32.6 Å². The maximum atomic E-state index is 12.4. The Balaban J connectivity index is 1.78. The molecule has 0 radical (unpaired) electrons. The average Bonchev–Trinajstić information content (AvgIpc) is 2.41. The molecule has 0 saturated carbocycles. The first kappa shape index (κ1) is 14.8. The summed E-state index contributed by atoms with van der Waals surface area (Å²) in [5, 5.41) is 0. The Morgan fingerprint density at radius 3 is 2.47 bits per heavy atom. The monoisotopic (exact) mass is 268 g/mol. The van der Waals surface area contributed by atoms with Gasteiger partial charge < -0.3 is 9.64 Å². The highest BCUT2D eigenvalue weighted by atomic mass is 16.5. The van der Waals surface area contributed by atoms with Crippen LogP contribution in [0.2, 0.25) is 0 Å². The second-order valence-corrected chi connectivity index (χ2v) is 5.78. The number of carbonyl (C=O) groups is 1. The Morgan fingerprint density at radius 1 is 1.11 bits per heavy atom. The van der Waals surface area contributed by atoms with E-state index in [0.29, 0.717) is 19.1 Å². The first-order valence-corrected chi connectivity index (χ1v) is 7.91. The lowest BCUT2D eigenvalue weighted by molar-refractivity contribution is -0.140. The van der Waals surface area contributed by atoms with E-state index in [2.05, 4.69) is 11.8 Å². The number of amides is 1. The minimum atomic E-state index is 0.241. The summed E-state index contributed by atoms with van der Waals surface area (Å²) in [5.41, 5.74) is 0. The van der Waals surface area contributed by atoms with Crippen LogP contribution in [0.4, 0.5) is 0 Å². The number of hydrogen-bond donors (Lipinski definition) is 0. The summed E-state index contributed by atoms with van der Waals surface area (Å²) < 4.78 is 5.63. The van der Waals surface area contributed by atoms with Crippen molar-refractivity contribution < 1.29 is 9.53 Å². The van der Waals surface area contributed by atoms with E-state index in [4.69, 9.17) is 4.74 Å². The summed E-state index contributed by atoms with van der Waals surface area (Å²) in [6.45, 7) is 7.16. The molecule has 2 rings (SSSR count). The van der Waals surface area contributed by atoms with Crippen molar-refractivity contribution in [2.75, 3.05) is 39.3 Å². The van der Waals surface area contributed by atoms with Crippen LogP contribution in [0.3, 0.4) is 0 Å². The number of morpholine rings is 1. The van der Waals surface area contributed by atoms with Crippen molar-refractivity contribution in [3.63, 3.8) is 0 Å². The highest BCUT2D eigenvalue weighted by Gasteiger charge is 2.24. The second kappa shape index (κ2) is 7.85. The van der Waals surface area contributed by atoms with Gasteiger partial charge in [-0.05, 0) is 32.4 Å². The second-order valence-electron chi connectivity index (χ2n) is 5.78. The van der Waals surface area contributed by atoms with Crippen molar-refractivity contribution in [1.29, 1.82) is 0 Å². The van der Waals surface area contributed by atoms with Crippen molar-refractivity contribution in [3.05, 3.63) is 0 Å². The molecular weight excluding hydrogens is 240 g/mol. The molecule has 4 nitrogen and oxygen atoms in total. The van der Waals surface area contributed by atoms with Crippen LogP contribution in [-0.4, -0.2) is 61.1 Å². The van der Waals surface area contributed by atoms with E-state index in [1.165, 1.54) is 32.1 Å². The largest absolute Gasteiger partial charge is 0.375 e. The topological polar surface area (TPSA) is 32.8 Å². The van der Waals surface area contributed by atoms with Gasteiger partial charge in [-0.2, -0.15) is 0 Å². The lowest BCUT2D eigenvalue weighted by atomic mass is 10.1. The number of nitrogens with zero attached hydrogens (tertiary/aromatic N) is 2. The molecule has 0 spiro atoms. The van der Waals surface area contributed by atoms with Crippen LogP contribution >= 0.6 is 0 Å². The van der Waals surface area contributed by atoms with Gasteiger partial charge in [0.05, 0.1) is 19.3 Å². The molecule has 2 saturated heterocycles. The van der Waals surface area contributed by atoms with Gasteiger partial charge in [0.25, 0.3) is 0 Å². The van der Waals surface area contributed by atoms with Gasteiger partial charge in [-0.3, -0.25) is 9.69 Å². The summed E-state index contributed by atoms with van der Waals surface area (Å²) in [5.74, 6) is 0.294. The average molecular weight is 268 g/mol. The van der Waals surface area contributed by atoms with Gasteiger partial charge in [-0.15, -0.1) is 0 Å². The molecule has 19 heavy (non-hydrogen) atoms. The first-order chi connectivity index (χ1) is 9.29. The first-order valence-electron chi connectivity index (χ1n) is 7.91. The maximum Gasteiger partial charge on any atom is 0.236 e. The third-order valence-electron chi connectivity index (χ3n) is 4.25. The van der Waals surface area contributed by atoms with Gasteiger partial charge in [0.2, 0.25) is 5.91 Å². The lowest BCUT2D eigenvalue weighted by Gasteiger charge is -2.34. The number of carbonyl (C=O) groups excluding carboxylic acids is 1. The molecule has 2 aliphatic heterocycles. The molecule has 2 fully saturated rings. The molecule has 1 amide bonds. The highest BCUT2D eigenvalue weighted by Crippen LogP contribution is 2.12. The van der Waals surface area contributed by atoms with Crippen molar-refractivity contribution in [2.24, 2.45) is 0 Å². The van der Waals surface area contributed by atoms with Crippen LogP contribution in [0.1, 0.15) is 45.4 Å². The van der Waals surface area contributed by atoms with E-state index < -0.39 is 0 Å². The minimum Gasteiger partial charge on any atom is -0.375 e. The smallest absolute Gasteiger partial charge is 0.236 e. The van der Waals surface area contributed by atoms with Gasteiger partial charge in [0, 0.05) is 13.1 Å². The van der Waals surface area contributed by atoms with E-state index in [-0.39, 0.29) is 6.10 Å². The molecule has 0 aromatic carbocycles. The minimum absolute atomic E-state index is 0.241. The van der Waals surface area contributed by atoms with E-state index in [1.54, 1.807) is 0 Å². The van der Waals surface area contributed by atoms with Crippen LogP contribution in [0, 0.1) is 0 Å². The molecule has 2 aliphatic rings. The summed E-state index contributed by atoms with van der Waals surface area (Å²) in [4.78, 5) is 16.7. The fourth-order valence-electron chi connectivity index (χ4n) is 2.96. The zero-order valence-corrected chi connectivity index (χ0v) is 12.3. The predicted octanol–water partition coefficient (Wildman–Crippen LogP) is 1.89. The standard InChI is InChI=1S/C15H28N2O2/c1-2-14-12-17(10-11-19-14)15(18)13-16-8-6-4-3-5-7-9-16/h14H,2-13H2,1H3. The highest BCUT2D eigenvalue weighted by molar-refractivity contribution is 5.78. The van der Waals surface area contributed by atoms with Crippen molar-refractivity contribution in [3.8, 4) is 0 Å². The van der Waals surface area contributed by atoms with Crippen molar-refractivity contribution in [2.45, 2.75) is 51.6 Å². The Hall–Kier alpha value is -0.610. The number of ether oxygens (including phenoxy) is 1. The molecule has 0 aromatic heterocycles. The Kier molecular flexibility index (Phi) is 6.11. The van der Waals surface area contributed by atoms with Crippen LogP contribution in [0.15, 0.2) is 0 Å². The molecule has 4 heteroatoms. The summed E-state index contributed by atoms with van der Waals surface area (Å²) in [6.07, 6.45) is 7.73. The lowest BCUT2D eigenvalue weighted by Crippen LogP contribution is -2.49. The Labute approximate surface area is 117 Å². The number of likely N-dealkylation sites (tertiary alicyclic amines) is 1. The molecule has 0 aromatic rings. The van der Waals surface area contributed by atoms with Gasteiger partial charge >= 0.3 is 0 Å². The number of rotatable bonds is 3. The molecular formula is C15H28N2O2. The molecule has 1 atom stereocenters. The van der Waals surface area contributed by atoms with Crippen LogP contribution < -0.4 is 0 Å². The van der Waals surface area contributed by atoms with Crippen LogP contribution in [0.25, 0.3) is 0 Å². The van der Waals surface area contributed by atoms with Gasteiger partial charge in [-0.25, -0.2) is 0 Å². The van der Waals surface area contributed by atoms with Crippen molar-refractivity contribution in [1.82, 2.24) is 9.80 Å². The Morgan fingerprint density at radius 2 is 1.79 bits per heavy atom. The normalized spacial score (nSPS) is 26.8. The van der Waals surface area contributed by atoms with Gasteiger partial charge in [0.1, 0.15) is 0 Å². The fraction of sp³-hybridized carbons (Fsp3) is 0.933. The zero-order chi connectivity index (χ0) is 13.5. The van der Waals surface area contributed by atoms with Gasteiger partial charge in [0.15, 0.2) is 0 Å². The zero-order valence-electron chi connectivity index (χ0n) is 12.3. The summed E-state index contributed by atoms with van der Waals surface area (Å²) >= 11 is 0. The molecule has 110 valence electrons. The number of hydrogen-bond acceptors (Lipinski definition) is 3. The van der Waals surface area contributed by atoms with Crippen LogP contribution in [-0.2, 0) is 9.53 Å².